The number of carbonyl (C=O) groups is 1. The zero-order chi connectivity index (χ0) is 30.5. The van der Waals surface area contributed by atoms with Gasteiger partial charge >= 0.3 is 5.97 Å². The van der Waals surface area contributed by atoms with Crippen LogP contribution in [0.1, 0.15) is 139 Å². The molecule has 42 heavy (non-hydrogen) atoms. The molecule has 0 aliphatic heterocycles. The highest BCUT2D eigenvalue weighted by atomic mass is 16.6. The zero-order valence-corrected chi connectivity index (χ0v) is 28.9. The molecule has 0 saturated heterocycles. The Balaban J connectivity index is 1.37. The van der Waals surface area contributed by atoms with Gasteiger partial charge in [0.05, 0.1) is 12.7 Å². The van der Waals surface area contributed by atoms with Crippen LogP contribution >= 0.6 is 0 Å². The first-order chi connectivity index (χ1) is 20.0. The lowest BCUT2D eigenvalue weighted by Gasteiger charge is -2.58. The molecule has 0 heterocycles. The van der Waals surface area contributed by atoms with Crippen molar-refractivity contribution in [2.24, 2.45) is 46.3 Å². The zero-order valence-electron chi connectivity index (χ0n) is 28.9. The molecule has 0 radical (unpaired) electrons. The molecule has 4 nitrogen and oxygen atoms in total. The van der Waals surface area contributed by atoms with Crippen LogP contribution in [0.5, 0.6) is 0 Å². The van der Waals surface area contributed by atoms with Gasteiger partial charge in [-0.05, 0) is 124 Å². The Morgan fingerprint density at radius 2 is 1.74 bits per heavy atom. The van der Waals surface area contributed by atoms with Crippen LogP contribution in [-0.2, 0) is 14.3 Å². The van der Waals surface area contributed by atoms with Crippen LogP contribution in [0.4, 0.5) is 0 Å². The van der Waals surface area contributed by atoms with Gasteiger partial charge in [0.25, 0.3) is 0 Å². The molecule has 0 spiro atoms. The van der Waals surface area contributed by atoms with E-state index in [4.69, 9.17) is 9.47 Å². The minimum Gasteiger partial charge on any atom is -0.459 e. The first-order valence-corrected chi connectivity index (χ1v) is 18.2. The molecule has 0 aromatic rings. The van der Waals surface area contributed by atoms with Crippen molar-refractivity contribution in [2.75, 3.05) is 26.2 Å². The van der Waals surface area contributed by atoms with Crippen molar-refractivity contribution in [1.29, 1.82) is 0 Å². The van der Waals surface area contributed by atoms with Gasteiger partial charge in [-0.15, -0.1) is 0 Å². The largest absolute Gasteiger partial charge is 0.459 e. The number of fused-ring (bicyclic) bond motifs is 5. The first kappa shape index (κ1) is 34.0. The number of ether oxygens (including phenoxy) is 2. The normalized spacial score (nSPS) is 35.8. The molecular weight excluding hydrogens is 518 g/mol. The van der Waals surface area contributed by atoms with Crippen molar-refractivity contribution >= 4 is 5.97 Å². The smallest absolute Gasteiger partial charge is 0.303 e. The summed E-state index contributed by atoms with van der Waals surface area (Å²) in [5, 5.41) is 0. The Morgan fingerprint density at radius 1 is 1.00 bits per heavy atom. The molecule has 4 heteroatoms. The average molecular weight is 586 g/mol. The molecule has 0 aromatic carbocycles. The predicted molar refractivity (Wildman–Crippen MR) is 175 cm³/mol. The third-order valence-electron chi connectivity index (χ3n) is 12.7. The molecule has 9 atom stereocenters. The minimum absolute atomic E-state index is 0.183. The standard InChI is InChI=1S/C38H67NO3/c1-9-22-39(23-10-2)25-32(42-29(6)40)26-41-31-18-20-37(7)30(24-31)14-15-33-35-17-16-34(28(5)13-11-12-27(3)4)38(35,8)21-19-36(33)37/h14,27-28,31-36H,9-13,15-26H2,1-8H3/t28-,31+,32?,33?,34-,35?,36?,37+,38-/m1/s1. The fraction of sp³-hybridized carbons (Fsp3) is 0.921. The van der Waals surface area contributed by atoms with Crippen LogP contribution in [0.2, 0.25) is 0 Å². The Hall–Kier alpha value is -0.870. The van der Waals surface area contributed by atoms with Crippen LogP contribution in [-0.4, -0.2) is 49.3 Å². The van der Waals surface area contributed by atoms with E-state index in [9.17, 15) is 4.79 Å². The van der Waals surface area contributed by atoms with Crippen molar-refractivity contribution in [2.45, 2.75) is 151 Å². The van der Waals surface area contributed by atoms with Gasteiger partial charge in [0.2, 0.25) is 0 Å². The van der Waals surface area contributed by atoms with E-state index in [2.05, 4.69) is 59.4 Å². The molecule has 0 aromatic heterocycles. The van der Waals surface area contributed by atoms with E-state index in [0.717, 1.165) is 80.8 Å². The van der Waals surface area contributed by atoms with Gasteiger partial charge in [-0.1, -0.05) is 79.4 Å². The lowest BCUT2D eigenvalue weighted by Crippen LogP contribution is -2.51. The number of nitrogens with zero attached hydrogens (tertiary/aromatic N) is 1. The molecule has 0 N–H and O–H groups in total. The third kappa shape index (κ3) is 7.67. The number of hydrogen-bond acceptors (Lipinski definition) is 4. The van der Waals surface area contributed by atoms with Crippen molar-refractivity contribution in [3.05, 3.63) is 11.6 Å². The molecule has 4 aliphatic rings. The molecule has 0 amide bonds. The summed E-state index contributed by atoms with van der Waals surface area (Å²) >= 11 is 0. The second kappa shape index (κ2) is 14.9. The van der Waals surface area contributed by atoms with Gasteiger partial charge in [0.15, 0.2) is 0 Å². The molecule has 242 valence electrons. The van der Waals surface area contributed by atoms with Crippen LogP contribution in [0, 0.1) is 46.3 Å². The van der Waals surface area contributed by atoms with Gasteiger partial charge in [-0.25, -0.2) is 0 Å². The third-order valence-corrected chi connectivity index (χ3v) is 12.7. The highest BCUT2D eigenvalue weighted by Gasteiger charge is 2.59. The Labute approximate surface area is 260 Å². The van der Waals surface area contributed by atoms with Gasteiger partial charge in [-0.2, -0.15) is 0 Å². The van der Waals surface area contributed by atoms with Gasteiger partial charge in [0, 0.05) is 13.5 Å². The van der Waals surface area contributed by atoms with Gasteiger partial charge in [0.1, 0.15) is 6.10 Å². The molecular formula is C38H67NO3. The number of esters is 1. The second-order valence-corrected chi connectivity index (χ2v) is 16.0. The van der Waals surface area contributed by atoms with Gasteiger partial charge in [-0.3, -0.25) is 9.69 Å². The number of allylic oxidation sites excluding steroid dienone is 1. The summed E-state index contributed by atoms with van der Waals surface area (Å²) < 4.78 is 12.3. The van der Waals surface area contributed by atoms with Crippen molar-refractivity contribution in [3.63, 3.8) is 0 Å². The molecule has 4 unspecified atom stereocenters. The van der Waals surface area contributed by atoms with Crippen LogP contribution < -0.4 is 0 Å². The number of hydrogen-bond donors (Lipinski definition) is 0. The van der Waals surface area contributed by atoms with Crippen LogP contribution in [0.15, 0.2) is 11.6 Å². The van der Waals surface area contributed by atoms with Crippen molar-refractivity contribution in [3.8, 4) is 0 Å². The summed E-state index contributed by atoms with van der Waals surface area (Å²) in [6.07, 6.45) is 19.7. The van der Waals surface area contributed by atoms with E-state index in [1.807, 2.05) is 0 Å². The highest BCUT2D eigenvalue weighted by molar-refractivity contribution is 5.66. The Bertz CT molecular complexity index is 893. The van der Waals surface area contributed by atoms with E-state index in [1.54, 1.807) is 5.57 Å². The monoisotopic (exact) mass is 586 g/mol. The molecule has 4 rings (SSSR count). The first-order valence-electron chi connectivity index (χ1n) is 18.2. The average Bonchev–Trinajstić information content (AvgIpc) is 3.28. The maximum absolute atomic E-state index is 11.9. The Morgan fingerprint density at radius 3 is 2.40 bits per heavy atom. The lowest BCUT2D eigenvalue weighted by atomic mass is 9.47. The van der Waals surface area contributed by atoms with E-state index in [0.29, 0.717) is 17.4 Å². The predicted octanol–water partition coefficient (Wildman–Crippen LogP) is 9.47. The highest BCUT2D eigenvalue weighted by Crippen LogP contribution is 2.67. The number of rotatable bonds is 15. The van der Waals surface area contributed by atoms with E-state index in [1.165, 1.54) is 64.7 Å². The van der Waals surface area contributed by atoms with Crippen LogP contribution in [0.25, 0.3) is 0 Å². The SMILES string of the molecule is CCCN(CCC)CC(CO[C@H]1CC[C@@]2(C)C(=CCC3C2CC[C@@]2(C)C3CC[C@@H]2[C@H](C)CCCC(C)C)C1)OC(C)=O. The molecule has 3 fully saturated rings. The van der Waals surface area contributed by atoms with Crippen molar-refractivity contribution in [1.82, 2.24) is 4.90 Å². The summed E-state index contributed by atoms with van der Waals surface area (Å²) in [4.78, 5) is 14.3. The topological polar surface area (TPSA) is 38.8 Å². The van der Waals surface area contributed by atoms with Crippen molar-refractivity contribution < 1.29 is 14.3 Å². The quantitative estimate of drug-likeness (QED) is 0.142. The van der Waals surface area contributed by atoms with Gasteiger partial charge < -0.3 is 9.47 Å². The molecule has 3 saturated carbocycles. The maximum atomic E-state index is 11.9. The second-order valence-electron chi connectivity index (χ2n) is 16.0. The summed E-state index contributed by atoms with van der Waals surface area (Å²) in [7, 11) is 0. The number of carbonyl (C=O) groups excluding carboxylic acids is 1. The summed E-state index contributed by atoms with van der Waals surface area (Å²) in [6.45, 7) is 22.0. The Kier molecular flexibility index (Phi) is 12.1. The molecule has 4 aliphatic carbocycles. The summed E-state index contributed by atoms with van der Waals surface area (Å²) in [6, 6.07) is 0. The van der Waals surface area contributed by atoms with Crippen LogP contribution in [0.3, 0.4) is 0 Å². The summed E-state index contributed by atoms with van der Waals surface area (Å²) in [5.41, 5.74) is 2.58. The maximum Gasteiger partial charge on any atom is 0.303 e. The fourth-order valence-electron chi connectivity index (χ4n) is 10.6. The van der Waals surface area contributed by atoms with E-state index >= 15 is 0 Å². The minimum atomic E-state index is -0.197. The van der Waals surface area contributed by atoms with E-state index in [-0.39, 0.29) is 18.2 Å². The lowest BCUT2D eigenvalue weighted by molar-refractivity contribution is -0.152. The fourth-order valence-corrected chi connectivity index (χ4v) is 10.6. The molecule has 0 bridgehead atoms. The summed E-state index contributed by atoms with van der Waals surface area (Å²) in [5.74, 6) is 5.07. The van der Waals surface area contributed by atoms with E-state index < -0.39 is 0 Å².